The Hall–Kier alpha value is -1.79. The zero-order valence-electron chi connectivity index (χ0n) is 10.4. The van der Waals surface area contributed by atoms with Crippen LogP contribution in [0.4, 0.5) is 5.69 Å². The molecule has 6 heteroatoms. The van der Waals surface area contributed by atoms with E-state index in [0.717, 1.165) is 4.47 Å². The number of Topliss-reactive ketones (excluding diaryl/α,β-unsaturated/α-hetero) is 1. The molecule has 1 N–H and O–H groups in total. The van der Waals surface area contributed by atoms with Crippen molar-refractivity contribution in [1.82, 2.24) is 0 Å². The third-order valence-electron chi connectivity index (χ3n) is 3.14. The number of carbonyl (C=O) groups is 3. The largest absolute Gasteiger partial charge is 0.318 e. The molecule has 3 rings (SSSR count). The molecule has 1 heterocycles. The number of carbonyl (C=O) groups excluding carboxylic acids is 3. The zero-order valence-corrected chi connectivity index (χ0v) is 13.6. The summed E-state index contributed by atoms with van der Waals surface area (Å²) in [5.74, 6) is -1.60. The first-order chi connectivity index (χ1) is 9.97. The van der Waals surface area contributed by atoms with Crippen LogP contribution in [0.25, 0.3) is 0 Å². The number of nitrogens with one attached hydrogen (secondary N) is 1. The van der Waals surface area contributed by atoms with Crippen LogP contribution in [0.15, 0.2) is 45.3 Å². The predicted molar refractivity (Wildman–Crippen MR) is 84.7 cm³/mol. The molecule has 0 atom stereocenters. The Morgan fingerprint density at radius 3 is 2.29 bits per heavy atom. The van der Waals surface area contributed by atoms with Crippen LogP contribution in [-0.2, 0) is 4.79 Å². The fourth-order valence-electron chi connectivity index (χ4n) is 2.15. The molecule has 0 fully saturated rings. The van der Waals surface area contributed by atoms with Crippen molar-refractivity contribution in [1.29, 1.82) is 0 Å². The summed E-state index contributed by atoms with van der Waals surface area (Å²) in [5, 5.41) is 2.47. The van der Waals surface area contributed by atoms with Gasteiger partial charge in [0.15, 0.2) is 5.78 Å². The van der Waals surface area contributed by atoms with Crippen molar-refractivity contribution in [3.63, 3.8) is 0 Å². The fourth-order valence-corrected chi connectivity index (χ4v) is 2.87. The molecule has 104 valence electrons. The van der Waals surface area contributed by atoms with Gasteiger partial charge in [-0.25, -0.2) is 0 Å². The quantitative estimate of drug-likeness (QED) is 0.610. The van der Waals surface area contributed by atoms with Crippen LogP contribution in [-0.4, -0.2) is 17.5 Å². The van der Waals surface area contributed by atoms with Crippen LogP contribution in [0.3, 0.4) is 0 Å². The second-order valence-corrected chi connectivity index (χ2v) is 6.33. The van der Waals surface area contributed by atoms with Gasteiger partial charge in [0.1, 0.15) is 0 Å². The molecule has 2 aromatic rings. The summed E-state index contributed by atoms with van der Waals surface area (Å²) < 4.78 is 1.44. The Balaban J connectivity index is 2.14. The molecule has 0 bridgehead atoms. The molecule has 21 heavy (non-hydrogen) atoms. The molecule has 0 saturated carbocycles. The highest BCUT2D eigenvalue weighted by molar-refractivity contribution is 9.10. The Kier molecular flexibility index (Phi) is 3.51. The standard InChI is InChI=1S/C15H7Br2NO3/c16-8-3-1-7(2-4-8)13(19)10-5-9(17)6-11-12(10)18-15(21)14(11)20/h1-6H,(H,18,20,21). The molecular formula is C15H7Br2NO3. The normalized spacial score (nSPS) is 13.0. The van der Waals surface area contributed by atoms with Crippen LogP contribution in [0.5, 0.6) is 0 Å². The molecular weight excluding hydrogens is 402 g/mol. The third kappa shape index (κ3) is 2.45. The number of benzene rings is 2. The van der Waals surface area contributed by atoms with Crippen molar-refractivity contribution >= 4 is 55.0 Å². The number of hydrogen-bond acceptors (Lipinski definition) is 3. The van der Waals surface area contributed by atoms with E-state index in [1.54, 1.807) is 30.3 Å². The van der Waals surface area contributed by atoms with E-state index in [0.29, 0.717) is 15.6 Å². The SMILES string of the molecule is O=C1Nc2c(cc(Br)cc2C(=O)c2ccc(Br)cc2)C1=O. The topological polar surface area (TPSA) is 63.2 Å². The summed E-state index contributed by atoms with van der Waals surface area (Å²) in [6, 6.07) is 10.0. The van der Waals surface area contributed by atoms with Gasteiger partial charge in [-0.1, -0.05) is 31.9 Å². The summed E-state index contributed by atoms with van der Waals surface area (Å²) in [5.41, 5.74) is 1.27. The van der Waals surface area contributed by atoms with E-state index < -0.39 is 11.7 Å². The predicted octanol–water partition coefficient (Wildman–Crippen LogP) is 3.58. The average Bonchev–Trinajstić information content (AvgIpc) is 2.74. The first-order valence-corrected chi connectivity index (χ1v) is 7.55. The molecule has 0 unspecified atom stereocenters. The molecule has 0 spiro atoms. The van der Waals surface area contributed by atoms with Gasteiger partial charge in [0.2, 0.25) is 0 Å². The van der Waals surface area contributed by atoms with Gasteiger partial charge < -0.3 is 5.32 Å². The highest BCUT2D eigenvalue weighted by Crippen LogP contribution is 2.32. The number of hydrogen-bond donors (Lipinski definition) is 1. The molecule has 1 amide bonds. The zero-order chi connectivity index (χ0) is 15.1. The first-order valence-electron chi connectivity index (χ1n) is 5.97. The summed E-state index contributed by atoms with van der Waals surface area (Å²) in [6.07, 6.45) is 0. The lowest BCUT2D eigenvalue weighted by atomic mass is 9.99. The van der Waals surface area contributed by atoms with Gasteiger partial charge in [-0.3, -0.25) is 14.4 Å². The molecule has 2 aromatic carbocycles. The molecule has 1 aliphatic heterocycles. The second kappa shape index (κ2) is 5.20. The minimum absolute atomic E-state index is 0.217. The van der Waals surface area contributed by atoms with Crippen molar-refractivity contribution < 1.29 is 14.4 Å². The number of fused-ring (bicyclic) bond motifs is 1. The van der Waals surface area contributed by atoms with Crippen molar-refractivity contribution in [3.05, 3.63) is 62.0 Å². The lowest BCUT2D eigenvalue weighted by Crippen LogP contribution is -2.13. The third-order valence-corrected chi connectivity index (χ3v) is 4.13. The average molecular weight is 409 g/mol. The van der Waals surface area contributed by atoms with E-state index in [1.165, 1.54) is 6.07 Å². The van der Waals surface area contributed by atoms with Gasteiger partial charge in [-0.05, 0) is 36.4 Å². The van der Waals surface area contributed by atoms with Gasteiger partial charge in [0, 0.05) is 20.1 Å². The lowest BCUT2D eigenvalue weighted by molar-refractivity contribution is -0.112. The minimum atomic E-state index is -0.715. The van der Waals surface area contributed by atoms with Crippen LogP contribution < -0.4 is 5.32 Å². The Bertz CT molecular complexity index is 797. The van der Waals surface area contributed by atoms with E-state index in [1.807, 2.05) is 0 Å². The number of rotatable bonds is 2. The number of amides is 1. The number of ketones is 2. The molecule has 0 saturated heterocycles. The van der Waals surface area contributed by atoms with Gasteiger partial charge >= 0.3 is 0 Å². The highest BCUT2D eigenvalue weighted by atomic mass is 79.9. The summed E-state index contributed by atoms with van der Waals surface area (Å²) in [6.45, 7) is 0. The van der Waals surface area contributed by atoms with E-state index in [-0.39, 0.29) is 17.0 Å². The maximum Gasteiger partial charge on any atom is 0.296 e. The van der Waals surface area contributed by atoms with E-state index >= 15 is 0 Å². The van der Waals surface area contributed by atoms with E-state index in [2.05, 4.69) is 37.2 Å². The summed E-state index contributed by atoms with van der Waals surface area (Å²) in [7, 11) is 0. The van der Waals surface area contributed by atoms with Gasteiger partial charge in [-0.15, -0.1) is 0 Å². The van der Waals surface area contributed by atoms with Gasteiger partial charge in [0.25, 0.3) is 11.7 Å². The van der Waals surface area contributed by atoms with Crippen molar-refractivity contribution in [2.75, 3.05) is 5.32 Å². The molecule has 0 aromatic heterocycles. The van der Waals surface area contributed by atoms with Crippen molar-refractivity contribution in [2.24, 2.45) is 0 Å². The molecule has 1 aliphatic rings. The minimum Gasteiger partial charge on any atom is -0.318 e. The van der Waals surface area contributed by atoms with Crippen LogP contribution in [0.2, 0.25) is 0 Å². The smallest absolute Gasteiger partial charge is 0.296 e. The van der Waals surface area contributed by atoms with E-state index in [9.17, 15) is 14.4 Å². The lowest BCUT2D eigenvalue weighted by Gasteiger charge is -2.08. The Labute approximate surface area is 136 Å². The van der Waals surface area contributed by atoms with Gasteiger partial charge in [0.05, 0.1) is 11.3 Å². The van der Waals surface area contributed by atoms with Crippen molar-refractivity contribution in [3.8, 4) is 0 Å². The fraction of sp³-hybridized carbons (Fsp3) is 0. The van der Waals surface area contributed by atoms with Crippen LogP contribution in [0, 0.1) is 0 Å². The Morgan fingerprint density at radius 1 is 0.952 bits per heavy atom. The monoisotopic (exact) mass is 407 g/mol. The summed E-state index contributed by atoms with van der Waals surface area (Å²) >= 11 is 6.57. The van der Waals surface area contributed by atoms with Crippen molar-refractivity contribution in [2.45, 2.75) is 0 Å². The van der Waals surface area contributed by atoms with Crippen LogP contribution >= 0.6 is 31.9 Å². The summed E-state index contributed by atoms with van der Waals surface area (Å²) in [4.78, 5) is 35.8. The van der Waals surface area contributed by atoms with E-state index in [4.69, 9.17) is 0 Å². The van der Waals surface area contributed by atoms with Crippen LogP contribution in [0.1, 0.15) is 26.3 Å². The maximum absolute atomic E-state index is 12.6. The molecule has 0 aliphatic carbocycles. The maximum atomic E-state index is 12.6. The molecule has 0 radical (unpaired) electrons. The number of anilines is 1. The molecule has 4 nitrogen and oxygen atoms in total. The Morgan fingerprint density at radius 2 is 1.62 bits per heavy atom. The first kappa shape index (κ1) is 14.2. The second-order valence-electron chi connectivity index (χ2n) is 4.50. The highest BCUT2D eigenvalue weighted by Gasteiger charge is 2.32. The number of halogens is 2. The van der Waals surface area contributed by atoms with Gasteiger partial charge in [-0.2, -0.15) is 0 Å².